The lowest BCUT2D eigenvalue weighted by atomic mass is 9.98. The van der Waals surface area contributed by atoms with Gasteiger partial charge in [-0.15, -0.1) is 0 Å². The molecule has 0 saturated carbocycles. The normalized spacial score (nSPS) is 18.8. The molecule has 0 bridgehead atoms. The summed E-state index contributed by atoms with van der Waals surface area (Å²) < 4.78 is 39.0. The van der Waals surface area contributed by atoms with Gasteiger partial charge < -0.3 is 10.6 Å². The van der Waals surface area contributed by atoms with Gasteiger partial charge in [0, 0.05) is 18.7 Å². The van der Waals surface area contributed by atoms with E-state index in [1.165, 1.54) is 0 Å². The molecule has 2 rings (SSSR count). The first-order valence-electron chi connectivity index (χ1n) is 6.66. The van der Waals surface area contributed by atoms with Crippen molar-refractivity contribution in [3.63, 3.8) is 0 Å². The molecule has 1 unspecified atom stereocenters. The zero-order valence-corrected chi connectivity index (χ0v) is 11.4. The third kappa shape index (κ3) is 3.73. The van der Waals surface area contributed by atoms with Crippen molar-refractivity contribution in [3.05, 3.63) is 33.9 Å². The summed E-state index contributed by atoms with van der Waals surface area (Å²) in [5, 5.41) is 15.8. The lowest BCUT2D eigenvalue weighted by Gasteiger charge is -2.22. The zero-order valence-electron chi connectivity index (χ0n) is 11.4. The van der Waals surface area contributed by atoms with E-state index in [-0.39, 0.29) is 0 Å². The van der Waals surface area contributed by atoms with Gasteiger partial charge in [-0.2, -0.15) is 13.2 Å². The Hall–Kier alpha value is -2.16. The summed E-state index contributed by atoms with van der Waals surface area (Å²) in [7, 11) is 0. The summed E-state index contributed by atoms with van der Waals surface area (Å²) in [5.74, 6) is -0.934. The van der Waals surface area contributed by atoms with Crippen LogP contribution in [0.3, 0.4) is 0 Å². The fraction of sp³-hybridized carbons (Fsp3) is 0.462. The summed E-state index contributed by atoms with van der Waals surface area (Å²) in [6.45, 7) is 1.18. The van der Waals surface area contributed by atoms with Crippen LogP contribution in [0.25, 0.3) is 0 Å². The van der Waals surface area contributed by atoms with Gasteiger partial charge in [0.1, 0.15) is 0 Å². The molecule has 6 nitrogen and oxygen atoms in total. The predicted octanol–water partition coefficient (Wildman–Crippen LogP) is 2.55. The van der Waals surface area contributed by atoms with Crippen LogP contribution in [-0.4, -0.2) is 23.9 Å². The number of rotatable bonds is 3. The van der Waals surface area contributed by atoms with E-state index in [2.05, 4.69) is 10.6 Å². The first kappa shape index (κ1) is 16.2. The van der Waals surface area contributed by atoms with Gasteiger partial charge in [0.25, 0.3) is 5.69 Å². The Kier molecular flexibility index (Phi) is 4.65. The summed E-state index contributed by atoms with van der Waals surface area (Å²) in [6, 6.07) is 2.27. The summed E-state index contributed by atoms with van der Waals surface area (Å²) in [4.78, 5) is 21.7. The van der Waals surface area contributed by atoms with Gasteiger partial charge in [-0.25, -0.2) is 0 Å². The molecule has 1 atom stereocenters. The van der Waals surface area contributed by atoms with E-state index in [9.17, 15) is 28.1 Å². The second kappa shape index (κ2) is 6.30. The fourth-order valence-electron chi connectivity index (χ4n) is 2.30. The van der Waals surface area contributed by atoms with Crippen molar-refractivity contribution in [2.45, 2.75) is 19.0 Å². The lowest BCUT2D eigenvalue weighted by molar-refractivity contribution is -0.385. The Bertz CT molecular complexity index is 584. The van der Waals surface area contributed by atoms with Gasteiger partial charge in [0.2, 0.25) is 5.91 Å². The van der Waals surface area contributed by atoms with Crippen LogP contribution in [0.4, 0.5) is 24.5 Å². The molecule has 1 aliphatic heterocycles. The first-order chi connectivity index (χ1) is 10.3. The van der Waals surface area contributed by atoms with Crippen LogP contribution in [0.2, 0.25) is 0 Å². The van der Waals surface area contributed by atoms with E-state index in [0.29, 0.717) is 19.0 Å². The largest absolute Gasteiger partial charge is 0.418 e. The van der Waals surface area contributed by atoms with E-state index in [1.54, 1.807) is 0 Å². The van der Waals surface area contributed by atoms with Crippen molar-refractivity contribution in [1.29, 1.82) is 0 Å². The Morgan fingerprint density at radius 2 is 2.14 bits per heavy atom. The highest BCUT2D eigenvalue weighted by Gasteiger charge is 2.36. The highest BCUT2D eigenvalue weighted by molar-refractivity contribution is 5.93. The van der Waals surface area contributed by atoms with E-state index in [4.69, 9.17) is 0 Å². The maximum absolute atomic E-state index is 13.0. The lowest BCUT2D eigenvalue weighted by Crippen LogP contribution is -2.37. The average Bonchev–Trinajstić information content (AvgIpc) is 2.47. The smallest absolute Gasteiger partial charge is 0.325 e. The fourth-order valence-corrected chi connectivity index (χ4v) is 2.30. The van der Waals surface area contributed by atoms with Crippen molar-refractivity contribution >= 4 is 17.3 Å². The van der Waals surface area contributed by atoms with Gasteiger partial charge in [-0.3, -0.25) is 14.9 Å². The Labute approximate surface area is 123 Å². The van der Waals surface area contributed by atoms with Crippen LogP contribution < -0.4 is 10.6 Å². The van der Waals surface area contributed by atoms with Crippen molar-refractivity contribution in [2.24, 2.45) is 5.92 Å². The zero-order chi connectivity index (χ0) is 16.3. The Morgan fingerprint density at radius 3 is 2.68 bits per heavy atom. The predicted molar refractivity (Wildman–Crippen MR) is 72.3 cm³/mol. The molecular formula is C13H14F3N3O3. The van der Waals surface area contributed by atoms with E-state index in [1.807, 2.05) is 0 Å². The molecule has 0 spiro atoms. The van der Waals surface area contributed by atoms with E-state index < -0.39 is 39.9 Å². The number of halogens is 3. The van der Waals surface area contributed by atoms with Crippen molar-refractivity contribution in [3.8, 4) is 0 Å². The minimum Gasteiger partial charge on any atom is -0.325 e. The summed E-state index contributed by atoms with van der Waals surface area (Å²) in [6.07, 6.45) is -3.43. The van der Waals surface area contributed by atoms with Crippen LogP contribution in [0.15, 0.2) is 18.2 Å². The number of nitrogens with zero attached hydrogens (tertiary/aromatic N) is 1. The van der Waals surface area contributed by atoms with Crippen LogP contribution >= 0.6 is 0 Å². The van der Waals surface area contributed by atoms with Gasteiger partial charge in [0.15, 0.2) is 0 Å². The number of alkyl halides is 3. The molecule has 1 aromatic carbocycles. The number of carbonyl (C=O) groups is 1. The van der Waals surface area contributed by atoms with Crippen LogP contribution in [0, 0.1) is 16.0 Å². The highest BCUT2D eigenvalue weighted by Crippen LogP contribution is 2.37. The number of anilines is 1. The van der Waals surface area contributed by atoms with Gasteiger partial charge >= 0.3 is 6.18 Å². The molecule has 0 aromatic heterocycles. The standard InChI is InChI=1S/C13H14F3N3O3/c14-13(15,16)10-6-9(19(21)22)3-4-11(10)18-12(20)8-2-1-5-17-7-8/h3-4,6,8,17H,1-2,5,7H2,(H,18,20). The molecule has 1 fully saturated rings. The van der Waals surface area contributed by atoms with Crippen LogP contribution in [0.1, 0.15) is 18.4 Å². The van der Waals surface area contributed by atoms with Gasteiger partial charge in [-0.1, -0.05) is 0 Å². The topological polar surface area (TPSA) is 84.3 Å². The number of nitro benzene ring substituents is 1. The van der Waals surface area contributed by atoms with Gasteiger partial charge in [-0.05, 0) is 25.5 Å². The molecule has 22 heavy (non-hydrogen) atoms. The minimum absolute atomic E-state index is 0.403. The van der Waals surface area contributed by atoms with Crippen LogP contribution in [0.5, 0.6) is 0 Å². The number of hydrogen-bond acceptors (Lipinski definition) is 4. The first-order valence-corrected chi connectivity index (χ1v) is 6.66. The average molecular weight is 317 g/mol. The number of hydrogen-bond donors (Lipinski definition) is 2. The minimum atomic E-state index is -4.79. The summed E-state index contributed by atoms with van der Waals surface area (Å²) in [5.41, 5.74) is -2.36. The molecule has 1 amide bonds. The molecular weight excluding hydrogens is 303 g/mol. The molecule has 2 N–H and O–H groups in total. The summed E-state index contributed by atoms with van der Waals surface area (Å²) >= 11 is 0. The number of nitrogens with one attached hydrogen (secondary N) is 2. The van der Waals surface area contributed by atoms with Crippen molar-refractivity contribution in [1.82, 2.24) is 5.32 Å². The number of amides is 1. The van der Waals surface area contributed by atoms with Crippen LogP contribution in [-0.2, 0) is 11.0 Å². The van der Waals surface area contributed by atoms with E-state index >= 15 is 0 Å². The Balaban J connectivity index is 2.25. The maximum Gasteiger partial charge on any atom is 0.418 e. The Morgan fingerprint density at radius 1 is 1.41 bits per heavy atom. The number of nitro groups is 1. The number of non-ortho nitro benzene ring substituents is 1. The maximum atomic E-state index is 13.0. The molecule has 0 aliphatic carbocycles. The molecule has 120 valence electrons. The second-order valence-corrected chi connectivity index (χ2v) is 5.02. The van der Waals surface area contributed by atoms with Gasteiger partial charge in [0.05, 0.1) is 22.1 Å². The number of benzene rings is 1. The quantitative estimate of drug-likeness (QED) is 0.663. The molecule has 1 heterocycles. The van der Waals surface area contributed by atoms with Crippen molar-refractivity contribution < 1.29 is 22.9 Å². The third-order valence-electron chi connectivity index (χ3n) is 3.44. The SMILES string of the molecule is O=C(Nc1ccc([N+](=O)[O-])cc1C(F)(F)F)C1CCCNC1. The monoisotopic (exact) mass is 317 g/mol. The molecule has 9 heteroatoms. The second-order valence-electron chi connectivity index (χ2n) is 5.02. The molecule has 1 saturated heterocycles. The van der Waals surface area contributed by atoms with E-state index in [0.717, 1.165) is 25.1 Å². The number of piperidine rings is 1. The molecule has 1 aliphatic rings. The number of carbonyl (C=O) groups excluding carboxylic acids is 1. The highest BCUT2D eigenvalue weighted by atomic mass is 19.4. The molecule has 1 aromatic rings. The third-order valence-corrected chi connectivity index (χ3v) is 3.44. The van der Waals surface area contributed by atoms with Crippen molar-refractivity contribution in [2.75, 3.05) is 18.4 Å². The molecule has 0 radical (unpaired) electrons.